The Morgan fingerprint density at radius 1 is 1.32 bits per heavy atom. The first-order valence-electron chi connectivity index (χ1n) is 7.77. The molecule has 0 fully saturated rings. The van der Waals surface area contributed by atoms with Crippen LogP contribution in [0.15, 0.2) is 47.7 Å². The molecule has 0 spiro atoms. The van der Waals surface area contributed by atoms with E-state index in [2.05, 4.69) is 10.5 Å². The smallest absolute Gasteiger partial charge is 0.416 e. The van der Waals surface area contributed by atoms with E-state index in [1.807, 2.05) is 0 Å². The van der Waals surface area contributed by atoms with Crippen molar-refractivity contribution in [2.24, 2.45) is 11.1 Å². The number of nitrogens with two attached hydrogens (primary N) is 1. The van der Waals surface area contributed by atoms with Gasteiger partial charge in [0, 0.05) is 11.3 Å². The van der Waals surface area contributed by atoms with Gasteiger partial charge in [0.15, 0.2) is 6.61 Å². The molecule has 0 aliphatic rings. The molecule has 148 valence electrons. The van der Waals surface area contributed by atoms with Crippen LogP contribution in [0.5, 0.6) is 11.5 Å². The van der Waals surface area contributed by atoms with Crippen LogP contribution in [0, 0.1) is 5.41 Å². The van der Waals surface area contributed by atoms with E-state index < -0.39 is 24.3 Å². The number of carbonyl (C=O) groups is 1. The first-order chi connectivity index (χ1) is 13.3. The second-order valence-corrected chi connectivity index (χ2v) is 5.34. The van der Waals surface area contributed by atoms with E-state index in [0.717, 1.165) is 29.2 Å². The predicted octanol–water partition coefficient (Wildman–Crippen LogP) is 3.31. The van der Waals surface area contributed by atoms with E-state index in [1.54, 1.807) is 18.2 Å². The van der Waals surface area contributed by atoms with Gasteiger partial charge in [-0.15, -0.1) is 4.70 Å². The maximum absolute atomic E-state index is 12.9. The van der Waals surface area contributed by atoms with Crippen LogP contribution in [0.3, 0.4) is 0 Å². The van der Waals surface area contributed by atoms with Gasteiger partial charge in [-0.1, -0.05) is 6.07 Å². The van der Waals surface area contributed by atoms with Gasteiger partial charge in [-0.3, -0.25) is 4.79 Å². The molecule has 0 saturated heterocycles. The van der Waals surface area contributed by atoms with Gasteiger partial charge in [-0.2, -0.15) is 18.6 Å². The number of rotatable bonds is 7. The van der Waals surface area contributed by atoms with Gasteiger partial charge in [0.25, 0.3) is 5.91 Å². The van der Waals surface area contributed by atoms with Gasteiger partial charge >= 0.3 is 6.18 Å². The van der Waals surface area contributed by atoms with Crippen LogP contribution in [-0.4, -0.2) is 30.7 Å². The molecular formula is C17H17F3N5O3+. The quantitative estimate of drug-likeness (QED) is 0.166. The number of hydrogen-bond acceptors (Lipinski definition) is 5. The zero-order valence-corrected chi connectivity index (χ0v) is 14.7. The fraction of sp³-hybridized carbons (Fsp3) is 0.176. The Bertz CT molecular complexity index is 900. The summed E-state index contributed by atoms with van der Waals surface area (Å²) in [4.78, 5) is 12.1. The van der Waals surface area contributed by atoms with Crippen LogP contribution >= 0.6 is 0 Å². The highest BCUT2D eigenvalue weighted by atomic mass is 19.4. The highest BCUT2D eigenvalue weighted by molar-refractivity contribution is 5.93. The van der Waals surface area contributed by atoms with Gasteiger partial charge < -0.3 is 14.8 Å². The SMILES string of the molecule is COc1ccc(C(F)(F)F)cc1NC(=O)COc1cccc([N+](C=N)=NN)c1. The fourth-order valence-electron chi connectivity index (χ4n) is 2.21. The molecule has 2 aromatic carbocycles. The van der Waals surface area contributed by atoms with E-state index in [4.69, 9.17) is 20.7 Å². The summed E-state index contributed by atoms with van der Waals surface area (Å²) >= 11 is 0. The minimum Gasteiger partial charge on any atom is -0.495 e. The molecule has 0 aliphatic carbocycles. The number of nitrogens with one attached hydrogen (secondary N) is 2. The molecule has 0 unspecified atom stereocenters. The number of amides is 1. The number of alkyl halides is 3. The van der Waals surface area contributed by atoms with Crippen LogP contribution in [0.25, 0.3) is 0 Å². The minimum atomic E-state index is -4.56. The Hall–Kier alpha value is -3.63. The first-order valence-corrected chi connectivity index (χ1v) is 7.77. The fourth-order valence-corrected chi connectivity index (χ4v) is 2.21. The summed E-state index contributed by atoms with van der Waals surface area (Å²) in [6, 6.07) is 9.00. The number of methoxy groups -OCH3 is 1. The van der Waals surface area contributed by atoms with Crippen molar-refractivity contribution in [1.82, 2.24) is 0 Å². The molecule has 0 bridgehead atoms. The lowest BCUT2D eigenvalue weighted by atomic mass is 10.1. The summed E-state index contributed by atoms with van der Waals surface area (Å²) in [7, 11) is 1.28. The second-order valence-electron chi connectivity index (χ2n) is 5.34. The molecule has 0 saturated carbocycles. The standard InChI is InChI=1S/C17H16F3N5O3/c1-27-15-6-5-11(17(18,19)20)7-14(15)23-16(26)9-28-13-4-2-3-12(8-13)25(10-21)24-22/h2-8,10,21-22H,9H2,1H3,(H,23,26)/p+1. The molecule has 28 heavy (non-hydrogen) atoms. The summed E-state index contributed by atoms with van der Waals surface area (Å²) in [6.07, 6.45) is -3.68. The van der Waals surface area contributed by atoms with Gasteiger partial charge in [0.2, 0.25) is 6.34 Å². The molecule has 1 amide bonds. The minimum absolute atomic E-state index is 0.0783. The summed E-state index contributed by atoms with van der Waals surface area (Å²) in [5.74, 6) is 4.82. The van der Waals surface area contributed by atoms with E-state index >= 15 is 0 Å². The number of nitrogens with zero attached hydrogens (tertiary/aromatic N) is 2. The van der Waals surface area contributed by atoms with E-state index in [1.165, 1.54) is 13.2 Å². The van der Waals surface area contributed by atoms with Crippen LogP contribution < -0.4 is 20.6 Å². The number of ether oxygens (including phenoxy) is 2. The highest BCUT2D eigenvalue weighted by Gasteiger charge is 2.31. The number of hydrogen-bond donors (Lipinski definition) is 3. The monoisotopic (exact) mass is 396 g/mol. The Morgan fingerprint density at radius 2 is 2.07 bits per heavy atom. The molecule has 2 aromatic rings. The highest BCUT2D eigenvalue weighted by Crippen LogP contribution is 2.34. The lowest BCUT2D eigenvalue weighted by molar-refractivity contribution is -0.384. The predicted molar refractivity (Wildman–Crippen MR) is 93.9 cm³/mol. The van der Waals surface area contributed by atoms with E-state index in [9.17, 15) is 18.0 Å². The van der Waals surface area contributed by atoms with Crippen molar-refractivity contribution >= 4 is 23.6 Å². The molecule has 4 N–H and O–H groups in total. The number of halogens is 3. The molecule has 2 rings (SSSR count). The van der Waals surface area contributed by atoms with Gasteiger partial charge in [-0.05, 0) is 30.3 Å². The second kappa shape index (κ2) is 8.84. The van der Waals surface area contributed by atoms with Crippen LogP contribution in [0.1, 0.15) is 5.56 Å². The molecule has 0 atom stereocenters. The third-order valence-electron chi connectivity index (χ3n) is 3.50. The average Bonchev–Trinajstić information content (AvgIpc) is 2.67. The molecule has 0 radical (unpaired) electrons. The molecule has 0 aliphatic heterocycles. The summed E-state index contributed by atoms with van der Waals surface area (Å²) in [5, 5.41) is 12.9. The zero-order valence-electron chi connectivity index (χ0n) is 14.7. The zero-order chi connectivity index (χ0) is 20.7. The number of benzene rings is 2. The Labute approximate surface area is 157 Å². The van der Waals surface area contributed by atoms with Crippen molar-refractivity contribution in [3.8, 4) is 11.5 Å². The molecule has 0 aromatic heterocycles. The Morgan fingerprint density at radius 3 is 2.68 bits per heavy atom. The van der Waals surface area contributed by atoms with E-state index in [0.29, 0.717) is 5.69 Å². The Balaban J connectivity index is 2.09. The van der Waals surface area contributed by atoms with E-state index in [-0.39, 0.29) is 17.2 Å². The van der Waals surface area contributed by atoms with Crippen LogP contribution in [-0.2, 0) is 11.0 Å². The molecule has 0 heterocycles. The lowest BCUT2D eigenvalue weighted by Crippen LogP contribution is -2.21. The lowest BCUT2D eigenvalue weighted by Gasteiger charge is -2.14. The molecule has 11 heteroatoms. The maximum Gasteiger partial charge on any atom is 0.416 e. The summed E-state index contributed by atoms with van der Waals surface area (Å²) in [6.45, 7) is -0.465. The molecular weight excluding hydrogens is 379 g/mol. The molecule has 8 nitrogen and oxygen atoms in total. The normalized spacial score (nSPS) is 11.6. The van der Waals surface area contributed by atoms with Crippen molar-refractivity contribution < 1.29 is 32.1 Å². The van der Waals surface area contributed by atoms with Crippen molar-refractivity contribution in [3.63, 3.8) is 0 Å². The van der Waals surface area contributed by atoms with Gasteiger partial charge in [0.1, 0.15) is 17.2 Å². The van der Waals surface area contributed by atoms with Crippen molar-refractivity contribution in [2.45, 2.75) is 6.18 Å². The van der Waals surface area contributed by atoms with Crippen molar-refractivity contribution in [1.29, 1.82) is 5.41 Å². The maximum atomic E-state index is 12.9. The summed E-state index contributed by atoms with van der Waals surface area (Å²) in [5.41, 5.74) is -0.624. The Kier molecular flexibility index (Phi) is 6.53. The summed E-state index contributed by atoms with van der Waals surface area (Å²) < 4.78 is 49.9. The number of carbonyl (C=O) groups excluding carboxylic acids is 1. The van der Waals surface area contributed by atoms with Crippen LogP contribution in [0.2, 0.25) is 0 Å². The van der Waals surface area contributed by atoms with Crippen molar-refractivity contribution in [3.05, 3.63) is 48.0 Å². The third kappa shape index (κ3) is 5.19. The van der Waals surface area contributed by atoms with Crippen molar-refractivity contribution in [2.75, 3.05) is 19.0 Å². The third-order valence-corrected chi connectivity index (χ3v) is 3.50. The van der Waals surface area contributed by atoms with Gasteiger partial charge in [0.05, 0.1) is 18.4 Å². The van der Waals surface area contributed by atoms with Crippen LogP contribution in [0.4, 0.5) is 24.5 Å². The van der Waals surface area contributed by atoms with Gasteiger partial charge in [-0.25, -0.2) is 5.84 Å². The number of anilines is 1. The average molecular weight is 396 g/mol. The topological polar surface area (TPSA) is 113 Å². The largest absolute Gasteiger partial charge is 0.495 e. The first kappa shape index (κ1) is 20.7.